The molecule has 114 valence electrons. The van der Waals surface area contributed by atoms with Crippen LogP contribution in [0.2, 0.25) is 0 Å². The SMILES string of the molecule is O=C(O)C1CCN(C(=O)CNc2ccc(F)cc2I)CC1. The molecule has 1 saturated heterocycles. The Labute approximate surface area is 135 Å². The summed E-state index contributed by atoms with van der Waals surface area (Å²) in [5.41, 5.74) is 0.714. The van der Waals surface area contributed by atoms with Gasteiger partial charge in [-0.1, -0.05) is 0 Å². The first kappa shape index (κ1) is 16.0. The number of carboxylic acids is 1. The van der Waals surface area contributed by atoms with E-state index in [4.69, 9.17) is 5.11 Å². The molecule has 2 rings (SSSR count). The van der Waals surface area contributed by atoms with Crippen molar-refractivity contribution in [2.24, 2.45) is 5.92 Å². The van der Waals surface area contributed by atoms with Gasteiger partial charge in [0.1, 0.15) is 5.82 Å². The standard InChI is InChI=1S/C14H16FIN2O3/c15-10-1-2-12(11(16)7-10)17-8-13(19)18-5-3-9(4-6-18)14(20)21/h1-2,7,9,17H,3-6,8H2,(H,20,21). The first-order valence-corrected chi connectivity index (χ1v) is 7.74. The molecule has 0 aliphatic carbocycles. The van der Waals surface area contributed by atoms with Gasteiger partial charge in [-0.05, 0) is 53.6 Å². The minimum atomic E-state index is -0.791. The van der Waals surface area contributed by atoms with Crippen molar-refractivity contribution in [3.05, 3.63) is 27.6 Å². The number of hydrogen-bond acceptors (Lipinski definition) is 3. The van der Waals surface area contributed by atoms with Crippen molar-refractivity contribution in [2.45, 2.75) is 12.8 Å². The number of carboxylic acid groups (broad SMARTS) is 1. The largest absolute Gasteiger partial charge is 0.481 e. The lowest BCUT2D eigenvalue weighted by Crippen LogP contribution is -2.42. The summed E-state index contributed by atoms with van der Waals surface area (Å²) < 4.78 is 13.7. The van der Waals surface area contributed by atoms with Crippen molar-refractivity contribution in [3.63, 3.8) is 0 Å². The van der Waals surface area contributed by atoms with E-state index in [-0.39, 0.29) is 24.2 Å². The number of benzene rings is 1. The number of halogens is 2. The summed E-state index contributed by atoms with van der Waals surface area (Å²) in [7, 11) is 0. The fourth-order valence-corrected chi connectivity index (χ4v) is 2.96. The highest BCUT2D eigenvalue weighted by atomic mass is 127. The lowest BCUT2D eigenvalue weighted by Gasteiger charge is -2.30. The molecule has 7 heteroatoms. The first-order chi connectivity index (χ1) is 9.97. The molecule has 0 atom stereocenters. The summed E-state index contributed by atoms with van der Waals surface area (Å²) in [6.07, 6.45) is 0.990. The Morgan fingerprint density at radius 2 is 2.05 bits per heavy atom. The first-order valence-electron chi connectivity index (χ1n) is 6.67. The van der Waals surface area contributed by atoms with Crippen molar-refractivity contribution in [1.29, 1.82) is 0 Å². The topological polar surface area (TPSA) is 69.6 Å². The van der Waals surface area contributed by atoms with Gasteiger partial charge in [-0.3, -0.25) is 9.59 Å². The molecule has 0 unspecified atom stereocenters. The molecule has 1 amide bonds. The van der Waals surface area contributed by atoms with Gasteiger partial charge in [0.05, 0.1) is 12.5 Å². The third-order valence-electron chi connectivity index (χ3n) is 3.56. The maximum Gasteiger partial charge on any atom is 0.306 e. The Morgan fingerprint density at radius 3 is 2.62 bits per heavy atom. The maximum atomic E-state index is 13.0. The van der Waals surface area contributed by atoms with Crippen LogP contribution in [-0.2, 0) is 9.59 Å². The average molecular weight is 406 g/mol. The molecule has 0 spiro atoms. The van der Waals surface area contributed by atoms with E-state index in [1.807, 2.05) is 22.6 Å². The second-order valence-electron chi connectivity index (χ2n) is 4.97. The highest BCUT2D eigenvalue weighted by Crippen LogP contribution is 2.20. The summed E-state index contributed by atoms with van der Waals surface area (Å²) in [6.45, 7) is 1.06. The van der Waals surface area contributed by atoms with Gasteiger partial charge in [-0.25, -0.2) is 4.39 Å². The highest BCUT2D eigenvalue weighted by Gasteiger charge is 2.26. The summed E-state index contributed by atoms with van der Waals surface area (Å²) >= 11 is 2.00. The normalized spacial score (nSPS) is 15.8. The molecule has 1 aliphatic rings. The third-order valence-corrected chi connectivity index (χ3v) is 4.45. The summed E-state index contributed by atoms with van der Waals surface area (Å²) in [5, 5.41) is 11.9. The Kier molecular flexibility index (Phi) is 5.38. The molecular formula is C14H16FIN2O3. The minimum absolute atomic E-state index is 0.0704. The number of aliphatic carboxylic acids is 1. The van der Waals surface area contributed by atoms with Gasteiger partial charge in [0.25, 0.3) is 0 Å². The van der Waals surface area contributed by atoms with E-state index in [2.05, 4.69) is 5.32 Å². The van der Waals surface area contributed by atoms with Crippen LogP contribution in [0, 0.1) is 15.3 Å². The van der Waals surface area contributed by atoms with Crippen LogP contribution in [0.3, 0.4) is 0 Å². The zero-order valence-corrected chi connectivity index (χ0v) is 13.5. The number of amides is 1. The number of carbonyl (C=O) groups excluding carboxylic acids is 1. The second-order valence-corrected chi connectivity index (χ2v) is 6.13. The number of nitrogens with one attached hydrogen (secondary N) is 1. The quantitative estimate of drug-likeness (QED) is 0.753. The van der Waals surface area contributed by atoms with Gasteiger partial charge >= 0.3 is 5.97 Å². The van der Waals surface area contributed by atoms with E-state index in [1.165, 1.54) is 12.1 Å². The Hall–Kier alpha value is -1.38. The molecule has 5 nitrogen and oxygen atoms in total. The molecule has 0 bridgehead atoms. The van der Waals surface area contributed by atoms with E-state index in [0.29, 0.717) is 35.2 Å². The predicted octanol–water partition coefficient (Wildman–Crippen LogP) is 2.17. The molecular weight excluding hydrogens is 390 g/mol. The molecule has 1 fully saturated rings. The molecule has 0 saturated carbocycles. The van der Waals surface area contributed by atoms with Gasteiger partial charge in [0.2, 0.25) is 5.91 Å². The van der Waals surface area contributed by atoms with Crippen LogP contribution < -0.4 is 5.32 Å². The van der Waals surface area contributed by atoms with Gasteiger partial charge in [-0.15, -0.1) is 0 Å². The zero-order valence-electron chi connectivity index (χ0n) is 11.3. The maximum absolute atomic E-state index is 13.0. The van der Waals surface area contributed by atoms with Gasteiger partial charge in [0.15, 0.2) is 0 Å². The molecule has 1 aromatic rings. The van der Waals surface area contributed by atoms with E-state index < -0.39 is 5.97 Å². The smallest absolute Gasteiger partial charge is 0.306 e. The summed E-state index contributed by atoms with van der Waals surface area (Å²) in [6, 6.07) is 4.33. The van der Waals surface area contributed by atoms with E-state index >= 15 is 0 Å². The lowest BCUT2D eigenvalue weighted by atomic mass is 9.97. The third kappa shape index (κ3) is 4.29. The van der Waals surface area contributed by atoms with Crippen molar-refractivity contribution in [1.82, 2.24) is 4.90 Å². The Morgan fingerprint density at radius 1 is 1.38 bits per heavy atom. The number of hydrogen-bond donors (Lipinski definition) is 2. The number of nitrogens with zero attached hydrogens (tertiary/aromatic N) is 1. The van der Waals surface area contributed by atoms with Crippen LogP contribution >= 0.6 is 22.6 Å². The van der Waals surface area contributed by atoms with E-state index in [0.717, 1.165) is 0 Å². The fourth-order valence-electron chi connectivity index (χ4n) is 2.29. The van der Waals surface area contributed by atoms with E-state index in [9.17, 15) is 14.0 Å². The van der Waals surface area contributed by atoms with Crippen LogP contribution in [0.15, 0.2) is 18.2 Å². The Balaban J connectivity index is 1.84. The lowest BCUT2D eigenvalue weighted by molar-refractivity contribution is -0.145. The van der Waals surface area contributed by atoms with Crippen LogP contribution in [-0.4, -0.2) is 41.5 Å². The fraction of sp³-hybridized carbons (Fsp3) is 0.429. The van der Waals surface area contributed by atoms with E-state index in [1.54, 1.807) is 11.0 Å². The Bertz CT molecular complexity index is 545. The number of rotatable bonds is 4. The number of piperidine rings is 1. The number of carbonyl (C=O) groups is 2. The molecule has 0 aromatic heterocycles. The predicted molar refractivity (Wildman–Crippen MR) is 84.5 cm³/mol. The van der Waals surface area contributed by atoms with Crippen molar-refractivity contribution >= 4 is 40.2 Å². The van der Waals surface area contributed by atoms with Gasteiger partial charge in [-0.2, -0.15) is 0 Å². The minimum Gasteiger partial charge on any atom is -0.481 e. The molecule has 1 heterocycles. The summed E-state index contributed by atoms with van der Waals surface area (Å²) in [4.78, 5) is 24.6. The van der Waals surface area contributed by atoms with Crippen molar-refractivity contribution < 1.29 is 19.1 Å². The van der Waals surface area contributed by atoms with Crippen LogP contribution in [0.4, 0.5) is 10.1 Å². The molecule has 1 aromatic carbocycles. The monoisotopic (exact) mass is 406 g/mol. The molecule has 21 heavy (non-hydrogen) atoms. The number of likely N-dealkylation sites (tertiary alicyclic amines) is 1. The average Bonchev–Trinajstić information content (AvgIpc) is 2.46. The van der Waals surface area contributed by atoms with Crippen molar-refractivity contribution in [3.8, 4) is 0 Å². The van der Waals surface area contributed by atoms with Gasteiger partial charge in [0, 0.05) is 22.3 Å². The zero-order chi connectivity index (χ0) is 15.4. The highest BCUT2D eigenvalue weighted by molar-refractivity contribution is 14.1. The number of anilines is 1. The van der Waals surface area contributed by atoms with Crippen molar-refractivity contribution in [2.75, 3.05) is 25.0 Å². The molecule has 1 aliphatic heterocycles. The summed E-state index contributed by atoms with van der Waals surface area (Å²) in [5.74, 6) is -1.52. The van der Waals surface area contributed by atoms with Crippen LogP contribution in [0.1, 0.15) is 12.8 Å². The van der Waals surface area contributed by atoms with Crippen LogP contribution in [0.25, 0.3) is 0 Å². The molecule has 2 N–H and O–H groups in total. The second kappa shape index (κ2) is 7.06. The molecule has 0 radical (unpaired) electrons. The van der Waals surface area contributed by atoms with Crippen LogP contribution in [0.5, 0.6) is 0 Å². The van der Waals surface area contributed by atoms with Gasteiger partial charge < -0.3 is 15.3 Å².